The molecule has 1 aliphatic heterocycles. The minimum atomic E-state index is -0.511. The Morgan fingerprint density at radius 2 is 1.83 bits per heavy atom. The molecule has 0 radical (unpaired) electrons. The van der Waals surface area contributed by atoms with Gasteiger partial charge in [0.25, 0.3) is 5.69 Å². The van der Waals surface area contributed by atoms with Gasteiger partial charge in [-0.2, -0.15) is 5.10 Å². The van der Waals surface area contributed by atoms with Crippen LogP contribution in [0.25, 0.3) is 5.69 Å². The summed E-state index contributed by atoms with van der Waals surface area (Å²) in [6, 6.07) is 4.71. The Balaban J connectivity index is 1.93. The smallest absolute Gasteiger partial charge is 0.399 e. The van der Waals surface area contributed by atoms with Crippen molar-refractivity contribution in [1.82, 2.24) is 9.78 Å². The highest BCUT2D eigenvalue weighted by atomic mass is 16.7. The Morgan fingerprint density at radius 1 is 1.21 bits per heavy atom. The topological polar surface area (TPSA) is 79.4 Å². The van der Waals surface area contributed by atoms with Crippen molar-refractivity contribution in [1.29, 1.82) is 0 Å². The molecule has 0 bridgehead atoms. The third-order valence-electron chi connectivity index (χ3n) is 4.78. The number of nitro groups is 1. The molecule has 0 saturated carbocycles. The minimum Gasteiger partial charge on any atom is -0.399 e. The van der Waals surface area contributed by atoms with E-state index in [2.05, 4.69) is 5.10 Å². The number of nitrogens with zero attached hydrogens (tertiary/aromatic N) is 3. The van der Waals surface area contributed by atoms with Gasteiger partial charge >= 0.3 is 7.12 Å². The van der Waals surface area contributed by atoms with E-state index in [0.29, 0.717) is 5.69 Å². The zero-order valence-electron chi connectivity index (χ0n) is 14.4. The molecule has 126 valence electrons. The summed E-state index contributed by atoms with van der Waals surface area (Å²) in [6.45, 7) is 9.84. The second-order valence-corrected chi connectivity index (χ2v) is 7.03. The van der Waals surface area contributed by atoms with Crippen LogP contribution in [0.3, 0.4) is 0 Å². The van der Waals surface area contributed by atoms with Crippen LogP contribution in [0.4, 0.5) is 5.69 Å². The largest absolute Gasteiger partial charge is 0.498 e. The average molecular weight is 329 g/mol. The monoisotopic (exact) mass is 329 g/mol. The Kier molecular flexibility index (Phi) is 3.77. The van der Waals surface area contributed by atoms with Crippen molar-refractivity contribution in [2.45, 2.75) is 45.8 Å². The summed E-state index contributed by atoms with van der Waals surface area (Å²) in [5, 5.41) is 15.3. The average Bonchev–Trinajstić information content (AvgIpc) is 3.02. The molecular weight excluding hydrogens is 309 g/mol. The lowest BCUT2D eigenvalue weighted by molar-refractivity contribution is -0.384. The van der Waals surface area contributed by atoms with Gasteiger partial charge in [-0.1, -0.05) is 6.07 Å². The van der Waals surface area contributed by atoms with Crippen LogP contribution >= 0.6 is 0 Å². The van der Waals surface area contributed by atoms with Crippen LogP contribution in [0, 0.1) is 17.0 Å². The predicted octanol–water partition coefficient (Wildman–Crippen LogP) is 2.39. The molecule has 7 nitrogen and oxygen atoms in total. The second-order valence-electron chi connectivity index (χ2n) is 7.03. The van der Waals surface area contributed by atoms with E-state index in [1.54, 1.807) is 23.1 Å². The standard InChI is InChI=1S/C16H20BN3O4/c1-11-6-7-13(20(21)22)8-14(11)19-10-12(9-18-19)17-23-15(2,3)16(4,5)24-17/h6-10H,1-5H3. The van der Waals surface area contributed by atoms with Crippen LogP contribution in [0.15, 0.2) is 30.6 Å². The Labute approximate surface area is 140 Å². The fourth-order valence-corrected chi connectivity index (χ4v) is 2.53. The second kappa shape index (κ2) is 5.42. The molecule has 1 fully saturated rings. The molecule has 1 saturated heterocycles. The van der Waals surface area contributed by atoms with Gasteiger partial charge in [-0.05, 0) is 40.2 Å². The number of hydrogen-bond donors (Lipinski definition) is 0. The first kappa shape index (κ1) is 16.7. The molecule has 0 spiro atoms. The van der Waals surface area contributed by atoms with Gasteiger partial charge in [0.05, 0.1) is 21.8 Å². The SMILES string of the molecule is Cc1ccc([N+](=O)[O-])cc1-n1cc(B2OC(C)(C)C(C)(C)O2)cn1. The Hall–Kier alpha value is -2.19. The molecule has 24 heavy (non-hydrogen) atoms. The van der Waals surface area contributed by atoms with E-state index in [4.69, 9.17) is 9.31 Å². The van der Waals surface area contributed by atoms with E-state index >= 15 is 0 Å². The highest BCUT2D eigenvalue weighted by Gasteiger charge is 2.52. The van der Waals surface area contributed by atoms with Crippen molar-refractivity contribution in [3.05, 3.63) is 46.3 Å². The minimum absolute atomic E-state index is 0.0308. The highest BCUT2D eigenvalue weighted by molar-refractivity contribution is 6.62. The van der Waals surface area contributed by atoms with Gasteiger partial charge in [-0.3, -0.25) is 10.1 Å². The lowest BCUT2D eigenvalue weighted by Crippen LogP contribution is -2.41. The normalized spacial score (nSPS) is 18.8. The van der Waals surface area contributed by atoms with Gasteiger partial charge in [0.15, 0.2) is 0 Å². The molecule has 2 aromatic rings. The summed E-state index contributed by atoms with van der Waals surface area (Å²) in [4.78, 5) is 10.6. The molecule has 2 heterocycles. The molecule has 0 amide bonds. The molecule has 3 rings (SSSR count). The van der Waals surface area contributed by atoms with Crippen LogP contribution in [0.5, 0.6) is 0 Å². The van der Waals surface area contributed by atoms with Gasteiger partial charge in [0, 0.05) is 30.0 Å². The van der Waals surface area contributed by atoms with E-state index in [0.717, 1.165) is 11.0 Å². The lowest BCUT2D eigenvalue weighted by atomic mass is 9.82. The molecule has 1 aromatic carbocycles. The van der Waals surface area contributed by atoms with Gasteiger partial charge < -0.3 is 9.31 Å². The summed E-state index contributed by atoms with van der Waals surface area (Å²) >= 11 is 0. The highest BCUT2D eigenvalue weighted by Crippen LogP contribution is 2.36. The van der Waals surface area contributed by atoms with Crippen molar-refractivity contribution in [3.63, 3.8) is 0 Å². The van der Waals surface area contributed by atoms with Crippen molar-refractivity contribution in [2.24, 2.45) is 0 Å². The zero-order valence-corrected chi connectivity index (χ0v) is 14.4. The zero-order chi connectivity index (χ0) is 17.7. The molecule has 0 N–H and O–H groups in total. The van der Waals surface area contributed by atoms with Crippen molar-refractivity contribution in [2.75, 3.05) is 0 Å². The fraction of sp³-hybridized carbons (Fsp3) is 0.438. The summed E-state index contributed by atoms with van der Waals surface area (Å²) in [5.41, 5.74) is 1.50. The maximum Gasteiger partial charge on any atom is 0.498 e. The molecular formula is C16H20BN3O4. The summed E-state index contributed by atoms with van der Waals surface area (Å²) < 4.78 is 13.6. The predicted molar refractivity (Wildman–Crippen MR) is 90.7 cm³/mol. The van der Waals surface area contributed by atoms with E-state index in [1.807, 2.05) is 34.6 Å². The Bertz CT molecular complexity index is 784. The van der Waals surface area contributed by atoms with Gasteiger partial charge in [-0.15, -0.1) is 0 Å². The Morgan fingerprint density at radius 3 is 2.42 bits per heavy atom. The number of nitro benzene ring substituents is 1. The number of benzene rings is 1. The molecule has 1 aliphatic rings. The van der Waals surface area contributed by atoms with Crippen molar-refractivity contribution in [3.8, 4) is 5.69 Å². The first-order chi connectivity index (χ1) is 11.1. The lowest BCUT2D eigenvalue weighted by Gasteiger charge is -2.32. The molecule has 0 atom stereocenters. The van der Waals surface area contributed by atoms with E-state index < -0.39 is 23.2 Å². The van der Waals surface area contributed by atoms with Crippen LogP contribution in [0.1, 0.15) is 33.3 Å². The summed E-state index contributed by atoms with van der Waals surface area (Å²) in [7, 11) is -0.511. The number of aromatic nitrogens is 2. The third-order valence-corrected chi connectivity index (χ3v) is 4.78. The maximum absolute atomic E-state index is 11.0. The summed E-state index contributed by atoms with van der Waals surface area (Å²) in [6.07, 6.45) is 3.45. The van der Waals surface area contributed by atoms with Crippen LogP contribution in [-0.4, -0.2) is 33.0 Å². The summed E-state index contributed by atoms with van der Waals surface area (Å²) in [5.74, 6) is 0. The number of non-ortho nitro benzene ring substituents is 1. The maximum atomic E-state index is 11.0. The van der Waals surface area contributed by atoms with Crippen molar-refractivity contribution < 1.29 is 14.2 Å². The molecule has 8 heteroatoms. The molecule has 0 unspecified atom stereocenters. The van der Waals surface area contributed by atoms with Gasteiger partial charge in [0.1, 0.15) is 0 Å². The number of aryl methyl sites for hydroxylation is 1. The van der Waals surface area contributed by atoms with Crippen LogP contribution in [-0.2, 0) is 9.31 Å². The fourth-order valence-electron chi connectivity index (χ4n) is 2.53. The van der Waals surface area contributed by atoms with E-state index in [9.17, 15) is 10.1 Å². The van der Waals surface area contributed by atoms with Crippen molar-refractivity contribution >= 4 is 18.3 Å². The van der Waals surface area contributed by atoms with Crippen LogP contribution < -0.4 is 5.46 Å². The molecule has 1 aromatic heterocycles. The van der Waals surface area contributed by atoms with Gasteiger partial charge in [0.2, 0.25) is 0 Å². The van der Waals surface area contributed by atoms with Gasteiger partial charge in [-0.25, -0.2) is 4.68 Å². The third kappa shape index (κ3) is 2.72. The quantitative estimate of drug-likeness (QED) is 0.491. The first-order valence-corrected chi connectivity index (χ1v) is 7.76. The first-order valence-electron chi connectivity index (χ1n) is 7.76. The molecule has 0 aliphatic carbocycles. The number of hydrogen-bond acceptors (Lipinski definition) is 5. The van der Waals surface area contributed by atoms with E-state index in [1.165, 1.54) is 12.1 Å². The number of rotatable bonds is 3. The van der Waals surface area contributed by atoms with Crippen LogP contribution in [0.2, 0.25) is 0 Å². The van der Waals surface area contributed by atoms with E-state index in [-0.39, 0.29) is 5.69 Å².